The average molecular weight is 500 g/mol. The van der Waals surface area contributed by atoms with Gasteiger partial charge in [-0.1, -0.05) is 0 Å². The van der Waals surface area contributed by atoms with Crippen LogP contribution in [0.4, 0.5) is 0 Å². The fraction of sp³-hybridized carbons (Fsp3) is 0.357. The van der Waals surface area contributed by atoms with Crippen molar-refractivity contribution in [3.63, 3.8) is 0 Å². The van der Waals surface area contributed by atoms with Crippen molar-refractivity contribution in [3.8, 4) is 107 Å². The number of ether oxygens (including phenoxy) is 1. The van der Waals surface area contributed by atoms with Gasteiger partial charge in [0.25, 0.3) is 0 Å². The number of sulfonamides is 1. The summed E-state index contributed by atoms with van der Waals surface area (Å²) in [5.74, 6) is 38.9. The van der Waals surface area contributed by atoms with Crippen LogP contribution < -0.4 is 0 Å². The van der Waals surface area contributed by atoms with Crippen LogP contribution in [0.5, 0.6) is 0 Å². The highest BCUT2D eigenvalue weighted by atomic mass is 32.2. The van der Waals surface area contributed by atoms with Gasteiger partial charge in [-0.15, -0.1) is 6.42 Å². The number of nitrogens with zero attached hydrogens (tertiary/aromatic N) is 1. The first kappa shape index (κ1) is 30.9. The second kappa shape index (κ2) is 19.4. The summed E-state index contributed by atoms with van der Waals surface area (Å²) in [5.41, 5.74) is 0. The Bertz CT molecular complexity index is 1380. The fourth-order valence-electron chi connectivity index (χ4n) is 2.15. The minimum atomic E-state index is -3.52. The van der Waals surface area contributed by atoms with Crippen LogP contribution in [0.1, 0.15) is 13.3 Å². The minimum absolute atomic E-state index is 0.113. The van der Waals surface area contributed by atoms with Gasteiger partial charge in [0.1, 0.15) is 0 Å². The maximum absolute atomic E-state index is 11.9. The van der Waals surface area contributed by atoms with Crippen molar-refractivity contribution in [1.29, 1.82) is 0 Å². The Balaban J connectivity index is 4.61. The zero-order valence-electron chi connectivity index (χ0n) is 20.3. The van der Waals surface area contributed by atoms with Crippen LogP contribution in [0.15, 0.2) is 0 Å². The van der Waals surface area contributed by atoms with Crippen molar-refractivity contribution in [2.45, 2.75) is 32.5 Å². The fourth-order valence-corrected chi connectivity index (χ4v) is 4.69. The van der Waals surface area contributed by atoms with E-state index in [4.69, 9.17) is 15.6 Å². The van der Waals surface area contributed by atoms with Gasteiger partial charge in [0, 0.05) is 66.6 Å². The van der Waals surface area contributed by atoms with Crippen LogP contribution in [0.3, 0.4) is 0 Å². The highest BCUT2D eigenvalue weighted by Crippen LogP contribution is 2.13. The van der Waals surface area contributed by atoms with Crippen molar-refractivity contribution in [2.75, 3.05) is 32.6 Å². The number of hydrogen-bond donors (Lipinski definition) is 0. The van der Waals surface area contributed by atoms with Gasteiger partial charge in [-0.05, 0) is 79.8 Å². The zero-order chi connectivity index (χ0) is 26.3. The van der Waals surface area contributed by atoms with Crippen LogP contribution in [-0.2, 0) is 19.2 Å². The Labute approximate surface area is 212 Å². The summed E-state index contributed by atoms with van der Waals surface area (Å²) < 4.78 is 36.0. The lowest BCUT2D eigenvalue weighted by Gasteiger charge is -2.21. The predicted molar refractivity (Wildman–Crippen MR) is 142 cm³/mol. The molecule has 0 rings (SSSR count). The van der Waals surface area contributed by atoms with E-state index in [9.17, 15) is 8.42 Å². The summed E-state index contributed by atoms with van der Waals surface area (Å²) in [6, 6.07) is 3.48. The summed E-state index contributed by atoms with van der Waals surface area (Å²) in [5, 5.41) is 0. The molecule has 0 aliphatic carbocycles. The van der Waals surface area contributed by atoms with E-state index in [1.165, 1.54) is 0 Å². The standard InChI is InChI=1S/C28H25NO4SSi/c1-6-8-9-10-11-12-13-14-15-16-17-18-19-20-21-22-24-29(34(3,30)31)25-27-32-26-23-28-35(4,5)33-7-2/h1H,7,23,25-28H2,2-5H3. The molecule has 7 heteroatoms. The molecule has 0 saturated heterocycles. The molecule has 176 valence electrons. The molecule has 0 unspecified atom stereocenters. The van der Waals surface area contributed by atoms with Gasteiger partial charge < -0.3 is 9.16 Å². The SMILES string of the molecule is C#CC#CC#CC#CC#CC#CC#CC#CC#CN(CCOCCC[Si](C)(C)OCC)S(C)(=O)=O. The maximum atomic E-state index is 11.9. The van der Waals surface area contributed by atoms with Crippen LogP contribution in [0, 0.1) is 107 Å². The normalized spacial score (nSPS) is 8.43. The minimum Gasteiger partial charge on any atom is -0.418 e. The second-order valence-electron chi connectivity index (χ2n) is 6.87. The number of hydrogen-bond acceptors (Lipinski definition) is 4. The molecule has 35 heavy (non-hydrogen) atoms. The van der Waals surface area contributed by atoms with E-state index in [2.05, 4.69) is 114 Å². The van der Waals surface area contributed by atoms with Gasteiger partial charge >= 0.3 is 0 Å². The predicted octanol–water partition coefficient (Wildman–Crippen LogP) is 1.51. The smallest absolute Gasteiger partial charge is 0.239 e. The first-order chi connectivity index (χ1) is 16.7. The molecule has 0 aromatic heterocycles. The van der Waals surface area contributed by atoms with Crippen molar-refractivity contribution in [1.82, 2.24) is 4.31 Å². The highest BCUT2D eigenvalue weighted by molar-refractivity contribution is 7.88. The Kier molecular flexibility index (Phi) is 17.1. The lowest BCUT2D eigenvalue weighted by atomic mass is 10.5. The molecule has 0 atom stereocenters. The molecule has 0 fully saturated rings. The third-order valence-corrected chi connectivity index (χ3v) is 7.27. The van der Waals surface area contributed by atoms with Crippen LogP contribution in [0.25, 0.3) is 0 Å². The Morgan fingerprint density at radius 2 is 1.23 bits per heavy atom. The van der Waals surface area contributed by atoms with Crippen LogP contribution in [-0.4, -0.2) is 53.7 Å². The third kappa shape index (κ3) is 20.3. The summed E-state index contributed by atoms with van der Waals surface area (Å²) in [6.45, 7) is 7.93. The van der Waals surface area contributed by atoms with Gasteiger partial charge in [-0.25, -0.2) is 12.7 Å². The topological polar surface area (TPSA) is 55.8 Å². The lowest BCUT2D eigenvalue weighted by molar-refractivity contribution is 0.129. The summed E-state index contributed by atoms with van der Waals surface area (Å²) >= 11 is 0. The molecule has 0 bridgehead atoms. The maximum Gasteiger partial charge on any atom is 0.239 e. The molecule has 0 saturated carbocycles. The Morgan fingerprint density at radius 1 is 0.771 bits per heavy atom. The zero-order valence-corrected chi connectivity index (χ0v) is 22.1. The van der Waals surface area contributed by atoms with Gasteiger partial charge in [-0.3, -0.25) is 0 Å². The largest absolute Gasteiger partial charge is 0.418 e. The lowest BCUT2D eigenvalue weighted by Crippen LogP contribution is -2.31. The molecule has 0 aromatic carbocycles. The van der Waals surface area contributed by atoms with Crippen molar-refractivity contribution in [2.24, 2.45) is 0 Å². The van der Waals surface area contributed by atoms with Gasteiger partial charge in [0.05, 0.1) is 19.4 Å². The molecule has 0 radical (unpaired) electrons. The third-order valence-electron chi connectivity index (χ3n) is 3.57. The van der Waals surface area contributed by atoms with E-state index < -0.39 is 18.3 Å². The molecule has 5 nitrogen and oxygen atoms in total. The number of terminal acetylenes is 1. The Hall–Kier alpha value is -4.07. The summed E-state index contributed by atoms with van der Waals surface area (Å²) in [6.07, 6.45) is 6.88. The molecular weight excluding hydrogens is 474 g/mol. The molecule has 0 aromatic rings. The van der Waals surface area contributed by atoms with Crippen LogP contribution >= 0.6 is 0 Å². The molecule has 0 amide bonds. The highest BCUT2D eigenvalue weighted by Gasteiger charge is 2.20. The van der Waals surface area contributed by atoms with Gasteiger partial charge in [0.15, 0.2) is 8.32 Å². The van der Waals surface area contributed by atoms with Gasteiger partial charge in [-0.2, -0.15) is 0 Å². The van der Waals surface area contributed by atoms with Crippen molar-refractivity contribution in [3.05, 3.63) is 0 Å². The van der Waals surface area contributed by atoms with E-state index >= 15 is 0 Å². The van der Waals surface area contributed by atoms with E-state index in [0.717, 1.165) is 29.6 Å². The average Bonchev–Trinajstić information content (AvgIpc) is 2.78. The van der Waals surface area contributed by atoms with Crippen molar-refractivity contribution >= 4 is 18.3 Å². The van der Waals surface area contributed by atoms with E-state index in [1.54, 1.807) is 0 Å². The monoisotopic (exact) mass is 499 g/mol. The molecule has 0 N–H and O–H groups in total. The first-order valence-corrected chi connectivity index (χ1v) is 15.3. The number of rotatable bonds is 10. The summed E-state index contributed by atoms with van der Waals surface area (Å²) in [7, 11) is -5.15. The van der Waals surface area contributed by atoms with E-state index in [-0.39, 0.29) is 13.2 Å². The van der Waals surface area contributed by atoms with E-state index in [0.29, 0.717) is 6.61 Å². The molecule has 0 aliphatic rings. The van der Waals surface area contributed by atoms with E-state index in [1.807, 2.05) is 6.92 Å². The van der Waals surface area contributed by atoms with Gasteiger partial charge in [0.2, 0.25) is 10.0 Å². The Morgan fingerprint density at radius 3 is 1.66 bits per heavy atom. The quantitative estimate of drug-likeness (QED) is 0.198. The molecule has 0 aliphatic heterocycles. The first-order valence-electron chi connectivity index (χ1n) is 10.4. The molecule has 0 heterocycles. The summed E-state index contributed by atoms with van der Waals surface area (Å²) in [4.78, 5) is 0. The second-order valence-corrected chi connectivity index (χ2v) is 13.1. The van der Waals surface area contributed by atoms with Crippen molar-refractivity contribution < 1.29 is 17.6 Å². The molecule has 0 spiro atoms. The molecular formula is C28H25NO4SSi. The van der Waals surface area contributed by atoms with Crippen LogP contribution in [0.2, 0.25) is 19.1 Å².